The number of esters is 4. The average Bonchev–Trinajstić information content (AvgIpc) is 3.30. The van der Waals surface area contributed by atoms with Gasteiger partial charge in [0, 0.05) is 0 Å². The summed E-state index contributed by atoms with van der Waals surface area (Å²) in [6.45, 7) is 14.9. The third-order valence-electron chi connectivity index (χ3n) is 5.82. The van der Waals surface area contributed by atoms with E-state index in [0.717, 1.165) is 0 Å². The van der Waals surface area contributed by atoms with E-state index in [1.54, 1.807) is 72.8 Å². The summed E-state index contributed by atoms with van der Waals surface area (Å²) in [7, 11) is 0. The summed E-state index contributed by atoms with van der Waals surface area (Å²) in [4.78, 5) is 102. The number of ether oxygens (including phenoxy) is 4. The smallest absolute Gasteiger partial charge is 0.373 e. The second-order valence-electron chi connectivity index (χ2n) is 9.29. The molecular weight excluding hydrogens is 784 g/mol. The largest absolute Gasteiger partial charge is 0.478 e. The molecule has 0 saturated carbocycles. The van der Waals surface area contributed by atoms with Crippen molar-refractivity contribution in [1.29, 1.82) is 0 Å². The Kier molecular flexibility index (Phi) is 40.5. The van der Waals surface area contributed by atoms with Crippen LogP contribution in [-0.2, 0) is 47.7 Å². The molecule has 2 atom stereocenters. The highest BCUT2D eigenvalue weighted by atomic mass is 16.6. The Balaban J connectivity index is -0.000000402. The minimum Gasteiger partial charge on any atom is -0.478 e. The zero-order chi connectivity index (χ0) is 46.7. The van der Waals surface area contributed by atoms with E-state index < -0.39 is 61.2 Å². The van der Waals surface area contributed by atoms with Crippen LogP contribution in [0.4, 0.5) is 0 Å². The molecule has 60 heavy (non-hydrogen) atoms. The number of hydrogen-bond acceptors (Lipinski definition) is 14. The number of rotatable bonds is 12. The SMILES string of the molecule is CC.CC.CC.CC.O=C(OC[C@@H](OC(=O)c1ccccc1)C(=O)O)c1ccccc1.O=C(OC[C@H](OC(=O)c1ccccc1)C(=O)O)c1ccccc1.O=C=O.O=C=O. The van der Waals surface area contributed by atoms with Gasteiger partial charge in [-0.2, -0.15) is 19.2 Å². The molecule has 0 heterocycles. The summed E-state index contributed by atoms with van der Waals surface area (Å²) in [6.07, 6.45) is -2.65. The highest BCUT2D eigenvalue weighted by molar-refractivity contribution is 5.93. The summed E-state index contributed by atoms with van der Waals surface area (Å²) >= 11 is 0. The van der Waals surface area contributed by atoms with Crippen molar-refractivity contribution in [2.24, 2.45) is 0 Å². The molecular formula is C44H52O16. The lowest BCUT2D eigenvalue weighted by atomic mass is 10.2. The molecule has 0 spiro atoms. The van der Waals surface area contributed by atoms with Gasteiger partial charge >= 0.3 is 48.1 Å². The molecule has 2 N–H and O–H groups in total. The third kappa shape index (κ3) is 27.9. The van der Waals surface area contributed by atoms with E-state index in [2.05, 4.69) is 0 Å². The Morgan fingerprint density at radius 1 is 0.400 bits per heavy atom. The highest BCUT2D eigenvalue weighted by Crippen LogP contribution is 2.09. The van der Waals surface area contributed by atoms with Gasteiger partial charge in [0.1, 0.15) is 13.2 Å². The number of aliphatic carboxylic acids is 2. The number of carboxylic acid groups (broad SMARTS) is 2. The van der Waals surface area contributed by atoms with Gasteiger partial charge in [-0.05, 0) is 48.5 Å². The first kappa shape index (κ1) is 59.2. The number of carbonyl (C=O) groups is 6. The van der Waals surface area contributed by atoms with Gasteiger partial charge in [0.25, 0.3) is 0 Å². The van der Waals surface area contributed by atoms with Crippen molar-refractivity contribution in [2.45, 2.75) is 67.6 Å². The molecule has 16 nitrogen and oxygen atoms in total. The van der Waals surface area contributed by atoms with Crippen LogP contribution in [0, 0.1) is 0 Å². The normalized spacial score (nSPS) is 9.33. The van der Waals surface area contributed by atoms with E-state index in [9.17, 15) is 28.8 Å². The Morgan fingerprint density at radius 3 is 0.767 bits per heavy atom. The van der Waals surface area contributed by atoms with E-state index in [-0.39, 0.29) is 34.6 Å². The van der Waals surface area contributed by atoms with Gasteiger partial charge in [0.15, 0.2) is 0 Å². The van der Waals surface area contributed by atoms with E-state index in [1.165, 1.54) is 48.5 Å². The maximum atomic E-state index is 11.8. The zero-order valence-corrected chi connectivity index (χ0v) is 34.7. The summed E-state index contributed by atoms with van der Waals surface area (Å²) < 4.78 is 19.5. The number of hydrogen-bond donors (Lipinski definition) is 2. The summed E-state index contributed by atoms with van der Waals surface area (Å²) in [6, 6.07) is 32.2. The molecule has 0 bridgehead atoms. The van der Waals surface area contributed by atoms with E-state index in [0.29, 0.717) is 0 Å². The lowest BCUT2D eigenvalue weighted by molar-refractivity contribution is -0.193. The van der Waals surface area contributed by atoms with Gasteiger partial charge in [0.2, 0.25) is 12.2 Å². The van der Waals surface area contributed by atoms with Crippen LogP contribution >= 0.6 is 0 Å². The minimum atomic E-state index is -1.57. The van der Waals surface area contributed by atoms with Crippen molar-refractivity contribution >= 4 is 48.1 Å². The van der Waals surface area contributed by atoms with Gasteiger partial charge in [-0.25, -0.2) is 28.8 Å². The van der Waals surface area contributed by atoms with E-state index in [1.807, 2.05) is 55.4 Å². The van der Waals surface area contributed by atoms with Crippen LogP contribution in [0.1, 0.15) is 96.8 Å². The second-order valence-corrected chi connectivity index (χ2v) is 9.29. The Hall–Kier alpha value is -7.54. The fourth-order valence-electron chi connectivity index (χ4n) is 3.47. The molecule has 0 aliphatic heterocycles. The molecule has 0 unspecified atom stereocenters. The predicted octanol–water partition coefficient (Wildman–Crippen LogP) is 7.25. The van der Waals surface area contributed by atoms with Crippen LogP contribution in [-0.4, -0.2) is 83.8 Å². The molecule has 4 aromatic rings. The van der Waals surface area contributed by atoms with Crippen molar-refractivity contribution in [1.82, 2.24) is 0 Å². The van der Waals surface area contributed by atoms with Crippen molar-refractivity contribution in [3.05, 3.63) is 144 Å². The van der Waals surface area contributed by atoms with E-state index in [4.69, 9.17) is 48.3 Å². The Bertz CT molecular complexity index is 1670. The molecule has 0 aliphatic rings. The van der Waals surface area contributed by atoms with E-state index >= 15 is 0 Å². The quantitative estimate of drug-likeness (QED) is 0.105. The Labute approximate surface area is 349 Å². The molecule has 4 rings (SSSR count). The lowest BCUT2D eigenvalue weighted by Gasteiger charge is -2.14. The van der Waals surface area contributed by atoms with Crippen LogP contribution < -0.4 is 0 Å². The van der Waals surface area contributed by atoms with Crippen molar-refractivity contribution < 1.29 is 77.1 Å². The summed E-state index contributed by atoms with van der Waals surface area (Å²) in [5.74, 6) is -5.76. The van der Waals surface area contributed by atoms with Crippen LogP contribution in [0.3, 0.4) is 0 Å². The molecule has 0 amide bonds. The second kappa shape index (κ2) is 41.1. The van der Waals surface area contributed by atoms with Gasteiger partial charge in [0.05, 0.1) is 22.3 Å². The average molecular weight is 837 g/mol. The van der Waals surface area contributed by atoms with Crippen LogP contribution in [0.15, 0.2) is 121 Å². The van der Waals surface area contributed by atoms with Crippen LogP contribution in [0.2, 0.25) is 0 Å². The topological polar surface area (TPSA) is 248 Å². The fourth-order valence-corrected chi connectivity index (χ4v) is 3.47. The predicted molar refractivity (Wildman–Crippen MR) is 215 cm³/mol. The fraction of sp³-hybridized carbons (Fsp3) is 0.273. The van der Waals surface area contributed by atoms with Crippen molar-refractivity contribution in [3.8, 4) is 0 Å². The maximum Gasteiger partial charge on any atom is 0.373 e. The minimum absolute atomic E-state index is 0.216. The van der Waals surface area contributed by atoms with Gasteiger partial charge in [-0.15, -0.1) is 0 Å². The van der Waals surface area contributed by atoms with Crippen molar-refractivity contribution in [3.63, 3.8) is 0 Å². The van der Waals surface area contributed by atoms with Gasteiger partial charge in [-0.1, -0.05) is 128 Å². The first-order chi connectivity index (χ1) is 29.0. The lowest BCUT2D eigenvalue weighted by Crippen LogP contribution is -2.32. The molecule has 16 heteroatoms. The summed E-state index contributed by atoms with van der Waals surface area (Å²) in [5, 5.41) is 18.2. The molecule has 4 aromatic carbocycles. The molecule has 0 aliphatic carbocycles. The molecule has 0 aromatic heterocycles. The van der Waals surface area contributed by atoms with Crippen LogP contribution in [0.25, 0.3) is 0 Å². The zero-order valence-electron chi connectivity index (χ0n) is 34.7. The number of carbonyl (C=O) groups excluding carboxylic acids is 8. The number of benzene rings is 4. The molecule has 324 valence electrons. The monoisotopic (exact) mass is 836 g/mol. The standard InChI is InChI=1S/2C17H14O6.4C2H6.2CO2/c2*18-15(19)14(23-17(21)13-9-5-2-6-10-13)11-22-16(20)12-7-3-1-4-8-12;4*1-2;2*2-1-3/h2*1-10,14H,11H2,(H,18,19);4*1-2H3;;/t2*14-;;;;;;/m10....../s1. The maximum absolute atomic E-state index is 11.8. The molecule has 0 radical (unpaired) electrons. The molecule has 0 saturated heterocycles. The third-order valence-corrected chi connectivity index (χ3v) is 5.82. The first-order valence-electron chi connectivity index (χ1n) is 18.4. The van der Waals surface area contributed by atoms with Gasteiger partial charge < -0.3 is 29.2 Å². The van der Waals surface area contributed by atoms with Crippen molar-refractivity contribution in [2.75, 3.05) is 13.2 Å². The number of carboxylic acids is 2. The first-order valence-corrected chi connectivity index (χ1v) is 18.4. The van der Waals surface area contributed by atoms with Crippen LogP contribution in [0.5, 0.6) is 0 Å². The highest BCUT2D eigenvalue weighted by Gasteiger charge is 2.26. The molecule has 0 fully saturated rings. The van der Waals surface area contributed by atoms with Gasteiger partial charge in [-0.3, -0.25) is 0 Å². The Morgan fingerprint density at radius 2 is 0.583 bits per heavy atom. The summed E-state index contributed by atoms with van der Waals surface area (Å²) in [5.41, 5.74) is 0.998.